The van der Waals surface area contributed by atoms with E-state index in [9.17, 15) is 5.11 Å². The van der Waals surface area contributed by atoms with E-state index in [0.29, 0.717) is 6.61 Å². The molecule has 0 saturated heterocycles. The number of hydrogen-bond acceptors (Lipinski definition) is 8. The molecule has 2 unspecified atom stereocenters. The number of aliphatic hydroxyl groups is 1. The Labute approximate surface area is 206 Å². The van der Waals surface area contributed by atoms with Gasteiger partial charge in [0.05, 0.1) is 31.0 Å². The fourth-order valence-electron chi connectivity index (χ4n) is 4.55. The SMILES string of the molecule is CCO[C@@H](C1=CC2C(c3ccc(OC)cc3)=NN(c3ccccc3)C2N=C1)[C@H](OC)[C@@H](O)COC. The van der Waals surface area contributed by atoms with E-state index in [4.69, 9.17) is 29.0 Å². The molecule has 0 amide bonds. The van der Waals surface area contributed by atoms with Crippen LogP contribution < -0.4 is 9.75 Å². The summed E-state index contributed by atoms with van der Waals surface area (Å²) in [5.74, 6) is 0.664. The van der Waals surface area contributed by atoms with Crippen molar-refractivity contribution < 1.29 is 24.1 Å². The number of hydrazone groups is 1. The van der Waals surface area contributed by atoms with Crippen molar-refractivity contribution in [2.75, 3.05) is 39.6 Å². The molecule has 0 aromatic heterocycles. The summed E-state index contributed by atoms with van der Waals surface area (Å²) < 4.78 is 22.2. The molecule has 2 aromatic carbocycles. The normalized spacial score (nSPS) is 21.7. The van der Waals surface area contributed by atoms with E-state index < -0.39 is 18.3 Å². The number of aliphatic imine (C=N–C) groups is 1. The molecule has 0 aliphatic carbocycles. The molecule has 8 nitrogen and oxygen atoms in total. The topological polar surface area (TPSA) is 85.1 Å². The van der Waals surface area contributed by atoms with Crippen LogP contribution in [0.25, 0.3) is 0 Å². The lowest BCUT2D eigenvalue weighted by Crippen LogP contribution is -2.45. The first kappa shape index (κ1) is 25.1. The third-order valence-corrected chi connectivity index (χ3v) is 6.22. The molecule has 1 N–H and O–H groups in total. The standard InChI is InChI=1S/C27H33N3O5/c1-5-35-25(26(34-4)23(31)17-32-2)19-15-22-24(18-11-13-21(33-3)14-12-18)29-30(27(22)28-16-19)20-9-7-6-8-10-20/h6-16,22-23,25-27,31H,5,17H2,1-4H3/t22?,23-,25-,26+,27?/m0/s1. The number of para-hydroxylation sites is 1. The van der Waals surface area contributed by atoms with Crippen molar-refractivity contribution in [3.8, 4) is 5.75 Å². The highest BCUT2D eigenvalue weighted by Gasteiger charge is 2.41. The van der Waals surface area contributed by atoms with Crippen LogP contribution in [0, 0.1) is 5.92 Å². The van der Waals surface area contributed by atoms with Gasteiger partial charge < -0.3 is 24.1 Å². The van der Waals surface area contributed by atoms with Gasteiger partial charge in [0, 0.05) is 27.0 Å². The number of hydrogen-bond donors (Lipinski definition) is 1. The Morgan fingerprint density at radius 2 is 1.77 bits per heavy atom. The zero-order valence-corrected chi connectivity index (χ0v) is 20.6. The largest absolute Gasteiger partial charge is 0.497 e. The van der Waals surface area contributed by atoms with Gasteiger partial charge in [0.25, 0.3) is 0 Å². The number of anilines is 1. The van der Waals surface area contributed by atoms with Crippen molar-refractivity contribution in [3.63, 3.8) is 0 Å². The minimum Gasteiger partial charge on any atom is -0.497 e. The van der Waals surface area contributed by atoms with Crippen LogP contribution >= 0.6 is 0 Å². The lowest BCUT2D eigenvalue weighted by Gasteiger charge is -2.33. The molecular formula is C27H33N3O5. The molecule has 8 heteroatoms. The number of benzene rings is 2. The fraction of sp³-hybridized carbons (Fsp3) is 0.407. The number of rotatable bonds is 11. The second kappa shape index (κ2) is 11.6. The van der Waals surface area contributed by atoms with Gasteiger partial charge >= 0.3 is 0 Å². The molecule has 0 bridgehead atoms. The predicted molar refractivity (Wildman–Crippen MR) is 136 cm³/mol. The lowest BCUT2D eigenvalue weighted by atomic mass is 9.88. The molecule has 5 atom stereocenters. The number of methoxy groups -OCH3 is 3. The minimum absolute atomic E-state index is 0.122. The van der Waals surface area contributed by atoms with E-state index in [1.807, 2.05) is 72.7 Å². The maximum atomic E-state index is 10.6. The molecular weight excluding hydrogens is 446 g/mol. The summed E-state index contributed by atoms with van der Waals surface area (Å²) in [6.45, 7) is 2.51. The van der Waals surface area contributed by atoms with Crippen LogP contribution in [0.5, 0.6) is 5.75 Å². The van der Waals surface area contributed by atoms with Crippen molar-refractivity contribution in [2.24, 2.45) is 16.0 Å². The maximum Gasteiger partial charge on any atom is 0.154 e. The fourth-order valence-corrected chi connectivity index (χ4v) is 4.55. The Balaban J connectivity index is 1.72. The summed E-state index contributed by atoms with van der Waals surface area (Å²) in [7, 11) is 4.76. The first-order valence-corrected chi connectivity index (χ1v) is 11.7. The Morgan fingerprint density at radius 1 is 1.03 bits per heavy atom. The third kappa shape index (κ3) is 5.31. The smallest absolute Gasteiger partial charge is 0.154 e. The number of dihydropyridines is 1. The summed E-state index contributed by atoms with van der Waals surface area (Å²) in [6.07, 6.45) is 1.74. The average molecular weight is 480 g/mol. The summed E-state index contributed by atoms with van der Waals surface area (Å²) in [4.78, 5) is 4.91. The van der Waals surface area contributed by atoms with Gasteiger partial charge in [0.1, 0.15) is 24.1 Å². The number of fused-ring (bicyclic) bond motifs is 1. The molecule has 0 radical (unpaired) electrons. The van der Waals surface area contributed by atoms with E-state index >= 15 is 0 Å². The molecule has 0 saturated carbocycles. The van der Waals surface area contributed by atoms with Gasteiger partial charge in [-0.1, -0.05) is 24.3 Å². The van der Waals surface area contributed by atoms with Gasteiger partial charge in [-0.25, -0.2) is 5.01 Å². The monoisotopic (exact) mass is 479 g/mol. The lowest BCUT2D eigenvalue weighted by molar-refractivity contribution is -0.106. The van der Waals surface area contributed by atoms with E-state index in [2.05, 4.69) is 6.08 Å². The van der Waals surface area contributed by atoms with Gasteiger partial charge in [-0.3, -0.25) is 4.99 Å². The summed E-state index contributed by atoms with van der Waals surface area (Å²) in [5.41, 5.74) is 3.69. The number of ether oxygens (including phenoxy) is 4. The summed E-state index contributed by atoms with van der Waals surface area (Å²) in [5, 5.41) is 17.6. The van der Waals surface area contributed by atoms with Crippen LogP contribution in [-0.4, -0.2) is 76.1 Å². The first-order valence-electron chi connectivity index (χ1n) is 11.7. The van der Waals surface area contributed by atoms with Gasteiger partial charge in [-0.05, 0) is 54.5 Å². The van der Waals surface area contributed by atoms with E-state index in [0.717, 1.165) is 28.3 Å². The molecule has 0 fully saturated rings. The molecule has 35 heavy (non-hydrogen) atoms. The van der Waals surface area contributed by atoms with Crippen molar-refractivity contribution in [3.05, 3.63) is 71.8 Å². The van der Waals surface area contributed by atoms with Gasteiger partial charge in [0.2, 0.25) is 0 Å². The number of aliphatic hydroxyl groups excluding tert-OH is 1. The van der Waals surface area contributed by atoms with Crippen molar-refractivity contribution in [2.45, 2.75) is 31.4 Å². The summed E-state index contributed by atoms with van der Waals surface area (Å²) in [6, 6.07) is 17.9. The average Bonchev–Trinajstić information content (AvgIpc) is 3.28. The molecule has 0 spiro atoms. The minimum atomic E-state index is -0.854. The Bertz CT molecular complexity index is 1050. The van der Waals surface area contributed by atoms with Crippen molar-refractivity contribution in [1.82, 2.24) is 0 Å². The first-order chi connectivity index (χ1) is 17.1. The van der Waals surface area contributed by atoms with E-state index in [1.54, 1.807) is 21.3 Å². The van der Waals surface area contributed by atoms with Crippen molar-refractivity contribution in [1.29, 1.82) is 0 Å². The van der Waals surface area contributed by atoms with Gasteiger partial charge in [-0.2, -0.15) is 5.10 Å². The van der Waals surface area contributed by atoms with E-state index in [1.165, 1.54) is 0 Å². The van der Waals surface area contributed by atoms with Crippen LogP contribution in [0.2, 0.25) is 0 Å². The predicted octanol–water partition coefficient (Wildman–Crippen LogP) is 3.30. The zero-order valence-electron chi connectivity index (χ0n) is 20.6. The molecule has 2 heterocycles. The van der Waals surface area contributed by atoms with Crippen LogP contribution in [0.3, 0.4) is 0 Å². The zero-order chi connectivity index (χ0) is 24.8. The third-order valence-electron chi connectivity index (χ3n) is 6.22. The van der Waals surface area contributed by atoms with Crippen molar-refractivity contribution >= 4 is 17.6 Å². The van der Waals surface area contributed by atoms with Gasteiger partial charge in [0.15, 0.2) is 6.17 Å². The Hall–Kier alpha value is -3.04. The highest BCUT2D eigenvalue weighted by Crippen LogP contribution is 2.36. The summed E-state index contributed by atoms with van der Waals surface area (Å²) >= 11 is 0. The highest BCUT2D eigenvalue weighted by atomic mass is 16.5. The second-order valence-corrected chi connectivity index (χ2v) is 8.38. The Morgan fingerprint density at radius 3 is 2.40 bits per heavy atom. The van der Waals surface area contributed by atoms with E-state index in [-0.39, 0.29) is 18.7 Å². The highest BCUT2D eigenvalue weighted by molar-refractivity contribution is 6.07. The Kier molecular flexibility index (Phi) is 8.30. The number of nitrogens with zero attached hydrogens (tertiary/aromatic N) is 3. The quantitative estimate of drug-likeness (QED) is 0.532. The maximum absolute atomic E-state index is 10.6. The molecule has 2 aromatic rings. The van der Waals surface area contributed by atoms with Gasteiger partial charge in [-0.15, -0.1) is 0 Å². The molecule has 4 rings (SSSR count). The van der Waals surface area contributed by atoms with Crippen LogP contribution in [-0.2, 0) is 14.2 Å². The molecule has 2 aliphatic heterocycles. The molecule has 186 valence electrons. The van der Waals surface area contributed by atoms with Crippen LogP contribution in [0.1, 0.15) is 12.5 Å². The molecule has 2 aliphatic rings. The van der Waals surface area contributed by atoms with Crippen LogP contribution in [0.4, 0.5) is 5.69 Å². The second-order valence-electron chi connectivity index (χ2n) is 8.38. The van der Waals surface area contributed by atoms with Crippen LogP contribution in [0.15, 0.2) is 76.3 Å².